The molecule has 0 saturated heterocycles. The minimum atomic E-state index is -3.75. The van der Waals surface area contributed by atoms with Crippen LogP contribution in [-0.4, -0.2) is 54.2 Å². The molecule has 180 valence electrons. The van der Waals surface area contributed by atoms with E-state index in [-0.39, 0.29) is 38.3 Å². The SMILES string of the molecule is CCS(=O)(=O)C1=NSC2=NC(=O)/C(=C\c3ccc(OC(=O)c4ccc(OC)cc4)c(Cl)c3)C(=N)N21. The van der Waals surface area contributed by atoms with Crippen molar-refractivity contribution in [3.8, 4) is 11.5 Å². The first kappa shape index (κ1) is 24.6. The van der Waals surface area contributed by atoms with Gasteiger partial charge in [0.2, 0.25) is 20.2 Å². The summed E-state index contributed by atoms with van der Waals surface area (Å²) in [5, 5.41) is 8.19. The zero-order valence-electron chi connectivity index (χ0n) is 18.3. The predicted molar refractivity (Wildman–Crippen MR) is 134 cm³/mol. The molecule has 0 spiro atoms. The molecule has 0 aliphatic carbocycles. The highest BCUT2D eigenvalue weighted by atomic mass is 35.5. The zero-order valence-corrected chi connectivity index (χ0v) is 20.7. The molecule has 2 aromatic carbocycles. The van der Waals surface area contributed by atoms with Crippen molar-refractivity contribution in [2.24, 2.45) is 9.39 Å². The summed E-state index contributed by atoms with van der Waals surface area (Å²) in [6.45, 7) is 1.46. The first-order chi connectivity index (χ1) is 16.6. The number of amidine groups is 3. The van der Waals surface area contributed by atoms with Gasteiger partial charge in [0.05, 0.1) is 41.0 Å². The second-order valence-electron chi connectivity index (χ2n) is 7.12. The maximum Gasteiger partial charge on any atom is 0.343 e. The highest BCUT2D eigenvalue weighted by Crippen LogP contribution is 2.32. The minimum absolute atomic E-state index is 0.00278. The first-order valence-electron chi connectivity index (χ1n) is 10.0. The Kier molecular flexibility index (Phi) is 6.79. The summed E-state index contributed by atoms with van der Waals surface area (Å²) in [5.41, 5.74) is 0.565. The van der Waals surface area contributed by atoms with Gasteiger partial charge in [0.25, 0.3) is 5.91 Å². The summed E-state index contributed by atoms with van der Waals surface area (Å²) < 4.78 is 39.0. The lowest BCUT2D eigenvalue weighted by molar-refractivity contribution is -0.114. The van der Waals surface area contributed by atoms with Crippen LogP contribution in [0.15, 0.2) is 57.4 Å². The molecule has 1 N–H and O–H groups in total. The van der Waals surface area contributed by atoms with Gasteiger partial charge < -0.3 is 9.47 Å². The van der Waals surface area contributed by atoms with Crippen LogP contribution in [-0.2, 0) is 14.6 Å². The van der Waals surface area contributed by atoms with Crippen LogP contribution < -0.4 is 9.47 Å². The number of fused-ring (bicyclic) bond motifs is 1. The average molecular weight is 533 g/mol. The van der Waals surface area contributed by atoms with Gasteiger partial charge in [0, 0.05) is 0 Å². The molecule has 2 aromatic rings. The van der Waals surface area contributed by atoms with Crippen LogP contribution >= 0.6 is 23.5 Å². The fourth-order valence-electron chi connectivity index (χ4n) is 3.07. The Bertz CT molecular complexity index is 1450. The maximum atomic E-state index is 12.5. The Hall–Kier alpha value is -3.48. The molecule has 2 aliphatic rings. The van der Waals surface area contributed by atoms with Crippen molar-refractivity contribution in [3.05, 3.63) is 64.2 Å². The first-order valence-corrected chi connectivity index (χ1v) is 12.8. The monoisotopic (exact) mass is 532 g/mol. The van der Waals surface area contributed by atoms with E-state index in [0.29, 0.717) is 16.9 Å². The summed E-state index contributed by atoms with van der Waals surface area (Å²) in [4.78, 5) is 29.8. The number of esters is 1. The molecule has 2 aliphatic heterocycles. The number of nitrogens with one attached hydrogen (secondary N) is 1. The summed E-state index contributed by atoms with van der Waals surface area (Å²) in [6.07, 6.45) is 1.35. The molecule has 13 heteroatoms. The smallest absolute Gasteiger partial charge is 0.343 e. The predicted octanol–water partition coefficient (Wildman–Crippen LogP) is 3.58. The number of halogens is 1. The molecule has 35 heavy (non-hydrogen) atoms. The van der Waals surface area contributed by atoms with Crippen molar-refractivity contribution in [1.82, 2.24) is 4.90 Å². The number of ether oxygens (including phenoxy) is 2. The van der Waals surface area contributed by atoms with Gasteiger partial charge in [0.15, 0.2) is 0 Å². The molecule has 2 heterocycles. The number of carbonyl (C=O) groups is 2. The Morgan fingerprint density at radius 3 is 2.57 bits per heavy atom. The standard InChI is InChI=1S/C22H17ClN4O6S2/c1-3-35(30,31)22-26-34-21-25-19(28)15(18(24)27(21)22)10-12-4-9-17(16(23)11-12)33-20(29)13-5-7-14(32-2)8-6-13/h4-11,24H,3H2,1-2H3/b15-10-,24-18?. The van der Waals surface area contributed by atoms with E-state index in [9.17, 15) is 18.0 Å². The summed E-state index contributed by atoms with van der Waals surface area (Å²) >= 11 is 7.01. The molecule has 0 atom stereocenters. The molecule has 10 nitrogen and oxygen atoms in total. The Balaban J connectivity index is 1.57. The molecule has 0 unspecified atom stereocenters. The van der Waals surface area contributed by atoms with E-state index in [1.807, 2.05) is 0 Å². The van der Waals surface area contributed by atoms with Crippen LogP contribution in [0.4, 0.5) is 0 Å². The van der Waals surface area contributed by atoms with Crippen molar-refractivity contribution in [2.75, 3.05) is 12.9 Å². The normalized spacial score (nSPS) is 16.7. The van der Waals surface area contributed by atoms with E-state index in [0.717, 1.165) is 16.8 Å². The van der Waals surface area contributed by atoms with Crippen LogP contribution in [0.2, 0.25) is 5.02 Å². The number of hydrogen-bond donors (Lipinski definition) is 1. The van der Waals surface area contributed by atoms with Crippen LogP contribution in [0.5, 0.6) is 11.5 Å². The number of methoxy groups -OCH3 is 1. The molecule has 4 rings (SSSR count). The number of amides is 1. The van der Waals surface area contributed by atoms with Gasteiger partial charge in [-0.2, -0.15) is 9.39 Å². The van der Waals surface area contributed by atoms with Crippen molar-refractivity contribution in [3.63, 3.8) is 0 Å². The van der Waals surface area contributed by atoms with Crippen LogP contribution in [0.25, 0.3) is 6.08 Å². The molecule has 0 radical (unpaired) electrons. The minimum Gasteiger partial charge on any atom is -0.497 e. The van der Waals surface area contributed by atoms with Gasteiger partial charge in [-0.05, 0) is 48.0 Å². The topological polar surface area (TPSA) is 139 Å². The largest absolute Gasteiger partial charge is 0.497 e. The van der Waals surface area contributed by atoms with Crippen LogP contribution in [0.3, 0.4) is 0 Å². The molecule has 0 bridgehead atoms. The fraction of sp³-hybridized carbons (Fsp3) is 0.136. The highest BCUT2D eigenvalue weighted by Gasteiger charge is 2.42. The van der Waals surface area contributed by atoms with Crippen molar-refractivity contribution >= 4 is 67.5 Å². The maximum absolute atomic E-state index is 12.5. The highest BCUT2D eigenvalue weighted by molar-refractivity contribution is 8.16. The number of benzene rings is 2. The average Bonchev–Trinajstić information content (AvgIpc) is 3.28. The van der Waals surface area contributed by atoms with E-state index >= 15 is 0 Å². The molecular formula is C22H17ClN4O6S2. The third kappa shape index (κ3) is 4.85. The fourth-order valence-corrected chi connectivity index (χ4v) is 5.26. The Labute approximate surface area is 209 Å². The van der Waals surface area contributed by atoms with Gasteiger partial charge in [-0.3, -0.25) is 10.2 Å². The van der Waals surface area contributed by atoms with E-state index in [4.69, 9.17) is 26.5 Å². The molecule has 0 aromatic heterocycles. The number of sulfone groups is 1. The summed E-state index contributed by atoms with van der Waals surface area (Å²) in [6, 6.07) is 10.8. The Morgan fingerprint density at radius 1 is 1.23 bits per heavy atom. The van der Waals surface area contributed by atoms with Crippen molar-refractivity contribution in [1.29, 1.82) is 5.41 Å². The van der Waals surface area contributed by atoms with Crippen molar-refractivity contribution in [2.45, 2.75) is 6.92 Å². The second-order valence-corrected chi connectivity index (χ2v) is 10.4. The second kappa shape index (κ2) is 9.64. The Morgan fingerprint density at radius 2 is 1.94 bits per heavy atom. The number of hydrogen-bond acceptors (Lipinski definition) is 9. The van der Waals surface area contributed by atoms with Crippen molar-refractivity contribution < 1.29 is 27.5 Å². The molecule has 0 fully saturated rings. The molecular weight excluding hydrogens is 516 g/mol. The number of rotatable bonds is 5. The van der Waals surface area contributed by atoms with Gasteiger partial charge in [-0.15, -0.1) is 0 Å². The van der Waals surface area contributed by atoms with E-state index < -0.39 is 21.7 Å². The molecule has 0 saturated carbocycles. The third-order valence-corrected chi connectivity index (χ3v) is 7.65. The zero-order chi connectivity index (χ0) is 25.3. The van der Waals surface area contributed by atoms with E-state index in [1.54, 1.807) is 24.3 Å². The quantitative estimate of drug-likeness (QED) is 0.267. The van der Waals surface area contributed by atoms with Gasteiger partial charge >= 0.3 is 5.97 Å². The van der Waals surface area contributed by atoms with Crippen LogP contribution in [0, 0.1) is 5.41 Å². The number of aliphatic imine (C=N–C) groups is 1. The lowest BCUT2D eigenvalue weighted by atomic mass is 10.1. The van der Waals surface area contributed by atoms with Gasteiger partial charge in [-0.25, -0.2) is 18.1 Å². The molecule has 1 amide bonds. The van der Waals surface area contributed by atoms with E-state index in [2.05, 4.69) is 9.39 Å². The summed E-state index contributed by atoms with van der Waals surface area (Å²) in [7, 11) is -2.23. The number of nitrogens with zero attached hydrogens (tertiary/aromatic N) is 3. The lowest BCUT2D eigenvalue weighted by Gasteiger charge is -2.24. The van der Waals surface area contributed by atoms with Gasteiger partial charge in [-0.1, -0.05) is 24.6 Å². The van der Waals surface area contributed by atoms with E-state index in [1.165, 1.54) is 38.3 Å². The number of carbonyl (C=O) groups excluding carboxylic acids is 2. The third-order valence-electron chi connectivity index (χ3n) is 4.95. The van der Waals surface area contributed by atoms with Crippen LogP contribution in [0.1, 0.15) is 22.8 Å². The van der Waals surface area contributed by atoms with Gasteiger partial charge in [0.1, 0.15) is 17.3 Å². The summed E-state index contributed by atoms with van der Waals surface area (Å²) in [5.74, 6) is -1.24. The lowest BCUT2D eigenvalue weighted by Crippen LogP contribution is -2.45.